The summed E-state index contributed by atoms with van der Waals surface area (Å²) < 4.78 is 5.48. The smallest absolute Gasteiger partial charge is 0.0534 e. The van der Waals surface area contributed by atoms with Crippen molar-refractivity contribution in [1.29, 1.82) is 0 Å². The van der Waals surface area contributed by atoms with Crippen molar-refractivity contribution in [3.05, 3.63) is 0 Å². The van der Waals surface area contributed by atoms with Crippen LogP contribution in [0.5, 0.6) is 0 Å². The van der Waals surface area contributed by atoms with Crippen molar-refractivity contribution in [2.24, 2.45) is 11.1 Å². The summed E-state index contributed by atoms with van der Waals surface area (Å²) in [6, 6.07) is 0. The normalized spacial score (nSPS) is 27.8. The Morgan fingerprint density at radius 1 is 1.54 bits per heavy atom. The fraction of sp³-hybridized carbons (Fsp3) is 0.818. The Labute approximate surface area is 80.8 Å². The predicted molar refractivity (Wildman–Crippen MR) is 54.2 cm³/mol. The summed E-state index contributed by atoms with van der Waals surface area (Å²) in [5, 5.41) is 0. The zero-order valence-corrected chi connectivity index (χ0v) is 8.44. The van der Waals surface area contributed by atoms with E-state index in [2.05, 4.69) is 11.8 Å². The van der Waals surface area contributed by atoms with Gasteiger partial charge in [-0.15, -0.1) is 11.8 Å². The molecule has 0 amide bonds. The quantitative estimate of drug-likeness (QED) is 0.670. The molecule has 0 aromatic heterocycles. The maximum atomic E-state index is 5.79. The lowest BCUT2D eigenvalue weighted by molar-refractivity contribution is -0.00664. The van der Waals surface area contributed by atoms with Gasteiger partial charge in [-0.1, -0.05) is 0 Å². The van der Waals surface area contributed by atoms with E-state index in [1.165, 1.54) is 6.42 Å². The van der Waals surface area contributed by atoms with Crippen LogP contribution in [0.2, 0.25) is 0 Å². The number of nitrogens with two attached hydrogens (primary N) is 1. The van der Waals surface area contributed by atoms with E-state index in [9.17, 15) is 0 Å². The average molecular weight is 181 g/mol. The summed E-state index contributed by atoms with van der Waals surface area (Å²) in [7, 11) is 0. The highest BCUT2D eigenvalue weighted by Crippen LogP contribution is 2.31. The maximum absolute atomic E-state index is 5.79. The molecule has 13 heavy (non-hydrogen) atoms. The van der Waals surface area contributed by atoms with Gasteiger partial charge < -0.3 is 10.5 Å². The molecule has 74 valence electrons. The van der Waals surface area contributed by atoms with Gasteiger partial charge in [0.05, 0.1) is 6.61 Å². The van der Waals surface area contributed by atoms with Crippen molar-refractivity contribution in [2.75, 3.05) is 19.8 Å². The lowest BCUT2D eigenvalue weighted by Gasteiger charge is -2.35. The molecule has 0 bridgehead atoms. The SMILES string of the molecule is CC#CCCC1(CN)CCCOC1. The molecule has 1 aliphatic rings. The van der Waals surface area contributed by atoms with Crippen molar-refractivity contribution in [3.63, 3.8) is 0 Å². The molecule has 0 aromatic rings. The van der Waals surface area contributed by atoms with Crippen molar-refractivity contribution in [2.45, 2.75) is 32.6 Å². The number of hydrogen-bond acceptors (Lipinski definition) is 2. The van der Waals surface area contributed by atoms with Crippen molar-refractivity contribution < 1.29 is 4.74 Å². The predicted octanol–water partition coefficient (Wildman–Crippen LogP) is 1.55. The zero-order valence-electron chi connectivity index (χ0n) is 8.44. The fourth-order valence-electron chi connectivity index (χ4n) is 1.82. The molecule has 1 fully saturated rings. The average Bonchev–Trinajstić information content (AvgIpc) is 2.20. The molecule has 0 aliphatic carbocycles. The Morgan fingerprint density at radius 2 is 2.38 bits per heavy atom. The minimum absolute atomic E-state index is 0.224. The molecule has 2 N–H and O–H groups in total. The summed E-state index contributed by atoms with van der Waals surface area (Å²) >= 11 is 0. The summed E-state index contributed by atoms with van der Waals surface area (Å²) in [5.74, 6) is 6.01. The highest BCUT2D eigenvalue weighted by molar-refractivity contribution is 4.97. The van der Waals surface area contributed by atoms with Gasteiger partial charge in [0.1, 0.15) is 0 Å². The van der Waals surface area contributed by atoms with E-state index in [0.717, 1.165) is 39.0 Å². The molecular weight excluding hydrogens is 162 g/mol. The molecule has 1 heterocycles. The summed E-state index contributed by atoms with van der Waals surface area (Å²) in [6.45, 7) is 4.35. The lowest BCUT2D eigenvalue weighted by Crippen LogP contribution is -2.38. The summed E-state index contributed by atoms with van der Waals surface area (Å²) in [6.07, 6.45) is 4.40. The van der Waals surface area contributed by atoms with Gasteiger partial charge in [-0.2, -0.15) is 0 Å². The second-order valence-corrected chi connectivity index (χ2v) is 3.79. The second-order valence-electron chi connectivity index (χ2n) is 3.79. The highest BCUT2D eigenvalue weighted by Gasteiger charge is 2.30. The molecule has 1 atom stereocenters. The molecule has 1 saturated heterocycles. The van der Waals surface area contributed by atoms with Crippen LogP contribution in [0.15, 0.2) is 0 Å². The van der Waals surface area contributed by atoms with Crippen LogP contribution >= 0.6 is 0 Å². The number of ether oxygens (including phenoxy) is 1. The first-order chi connectivity index (χ1) is 6.33. The molecule has 0 radical (unpaired) electrons. The van der Waals surface area contributed by atoms with E-state index in [0.29, 0.717) is 0 Å². The molecule has 0 spiro atoms. The first-order valence-electron chi connectivity index (χ1n) is 5.00. The summed E-state index contributed by atoms with van der Waals surface area (Å²) in [4.78, 5) is 0. The lowest BCUT2D eigenvalue weighted by atomic mass is 9.79. The van der Waals surface area contributed by atoms with Gasteiger partial charge in [0.15, 0.2) is 0 Å². The third-order valence-corrected chi connectivity index (χ3v) is 2.79. The Kier molecular flexibility index (Phi) is 4.27. The minimum Gasteiger partial charge on any atom is -0.381 e. The maximum Gasteiger partial charge on any atom is 0.0534 e. The van der Waals surface area contributed by atoms with Crippen molar-refractivity contribution in [1.82, 2.24) is 0 Å². The minimum atomic E-state index is 0.224. The summed E-state index contributed by atoms with van der Waals surface area (Å²) in [5.41, 5.74) is 6.02. The Hall–Kier alpha value is -0.520. The van der Waals surface area contributed by atoms with Crippen LogP contribution in [-0.4, -0.2) is 19.8 Å². The Balaban J connectivity index is 2.41. The van der Waals surface area contributed by atoms with E-state index >= 15 is 0 Å². The first kappa shape index (κ1) is 10.6. The van der Waals surface area contributed by atoms with Gasteiger partial charge in [-0.3, -0.25) is 0 Å². The van der Waals surface area contributed by atoms with Crippen LogP contribution in [0.3, 0.4) is 0 Å². The molecular formula is C11H19NO. The Bertz CT molecular complexity index is 196. The Morgan fingerprint density at radius 3 is 2.92 bits per heavy atom. The first-order valence-corrected chi connectivity index (χ1v) is 5.00. The fourth-order valence-corrected chi connectivity index (χ4v) is 1.82. The van der Waals surface area contributed by atoms with E-state index < -0.39 is 0 Å². The molecule has 1 unspecified atom stereocenters. The van der Waals surface area contributed by atoms with Crippen LogP contribution in [0, 0.1) is 17.3 Å². The van der Waals surface area contributed by atoms with E-state index in [-0.39, 0.29) is 5.41 Å². The van der Waals surface area contributed by atoms with Crippen molar-refractivity contribution >= 4 is 0 Å². The molecule has 2 nitrogen and oxygen atoms in total. The molecule has 0 aromatic carbocycles. The van der Waals surface area contributed by atoms with Gasteiger partial charge in [-0.25, -0.2) is 0 Å². The monoisotopic (exact) mass is 181 g/mol. The second kappa shape index (κ2) is 5.26. The third-order valence-electron chi connectivity index (χ3n) is 2.79. The zero-order chi connectivity index (χ0) is 9.57. The number of hydrogen-bond donors (Lipinski definition) is 1. The van der Waals surface area contributed by atoms with Gasteiger partial charge in [0.25, 0.3) is 0 Å². The molecule has 0 saturated carbocycles. The van der Waals surface area contributed by atoms with Crippen LogP contribution < -0.4 is 5.73 Å². The molecule has 1 rings (SSSR count). The number of rotatable bonds is 3. The topological polar surface area (TPSA) is 35.2 Å². The van der Waals surface area contributed by atoms with Crippen LogP contribution in [0.1, 0.15) is 32.6 Å². The van der Waals surface area contributed by atoms with Crippen LogP contribution in [0.4, 0.5) is 0 Å². The third kappa shape index (κ3) is 3.02. The van der Waals surface area contributed by atoms with E-state index in [1.54, 1.807) is 0 Å². The van der Waals surface area contributed by atoms with E-state index in [1.807, 2.05) is 6.92 Å². The van der Waals surface area contributed by atoms with Gasteiger partial charge in [-0.05, 0) is 26.2 Å². The van der Waals surface area contributed by atoms with Gasteiger partial charge in [0, 0.05) is 25.0 Å². The molecule has 1 aliphatic heterocycles. The van der Waals surface area contributed by atoms with Gasteiger partial charge in [0.2, 0.25) is 0 Å². The van der Waals surface area contributed by atoms with E-state index in [4.69, 9.17) is 10.5 Å². The molecule has 2 heteroatoms. The van der Waals surface area contributed by atoms with Crippen LogP contribution in [0.25, 0.3) is 0 Å². The standard InChI is InChI=1S/C11H19NO/c1-2-3-4-6-11(9-12)7-5-8-13-10-11/h4-10,12H2,1H3. The largest absolute Gasteiger partial charge is 0.381 e. The van der Waals surface area contributed by atoms with Crippen molar-refractivity contribution in [3.8, 4) is 11.8 Å². The van der Waals surface area contributed by atoms with Gasteiger partial charge >= 0.3 is 0 Å². The van der Waals surface area contributed by atoms with Crippen LogP contribution in [-0.2, 0) is 4.74 Å². The highest BCUT2D eigenvalue weighted by atomic mass is 16.5.